The largest absolute Gasteiger partial charge is 0.477 e. The van der Waals surface area contributed by atoms with E-state index < -0.39 is 17.7 Å². The summed E-state index contributed by atoms with van der Waals surface area (Å²) in [5, 5.41) is 9.02. The molecule has 110 valence electrons. The highest BCUT2D eigenvalue weighted by Crippen LogP contribution is 2.33. The van der Waals surface area contributed by atoms with Crippen molar-refractivity contribution in [3.8, 4) is 11.5 Å². The fourth-order valence-corrected chi connectivity index (χ4v) is 1.64. The first-order valence-corrected chi connectivity index (χ1v) is 5.82. The predicted octanol–water partition coefficient (Wildman–Crippen LogP) is 3.90. The van der Waals surface area contributed by atoms with E-state index in [0.29, 0.717) is 5.69 Å². The lowest BCUT2D eigenvalue weighted by Crippen LogP contribution is -2.05. The zero-order valence-electron chi connectivity index (χ0n) is 10.8. The number of rotatable bonds is 3. The number of carboxylic acid groups (broad SMARTS) is 1. The summed E-state index contributed by atoms with van der Waals surface area (Å²) in [6.07, 6.45) is -3.40. The molecular weight excluding hydrogens is 287 g/mol. The lowest BCUT2D eigenvalue weighted by molar-refractivity contribution is -0.137. The molecule has 1 heterocycles. The lowest BCUT2D eigenvalue weighted by Gasteiger charge is -2.11. The standard InChI is InChI=1S/C14H10F3NO3/c1-8-5-12(11(7-18-8)13(19)20)21-10-4-2-3-9(6-10)14(15,16)17/h2-7H,1H3,(H,19,20). The molecule has 1 aromatic carbocycles. The second kappa shape index (κ2) is 5.43. The molecule has 21 heavy (non-hydrogen) atoms. The second-order valence-electron chi connectivity index (χ2n) is 4.25. The van der Waals surface area contributed by atoms with E-state index in [1.165, 1.54) is 18.2 Å². The first-order valence-electron chi connectivity index (χ1n) is 5.82. The molecule has 0 aliphatic carbocycles. The highest BCUT2D eigenvalue weighted by atomic mass is 19.4. The smallest absolute Gasteiger partial charge is 0.416 e. The molecule has 2 rings (SSSR count). The molecule has 2 aromatic rings. The minimum atomic E-state index is -4.50. The van der Waals surface area contributed by atoms with E-state index in [-0.39, 0.29) is 17.1 Å². The van der Waals surface area contributed by atoms with Gasteiger partial charge < -0.3 is 9.84 Å². The van der Waals surface area contributed by atoms with Gasteiger partial charge in [0.1, 0.15) is 17.1 Å². The molecule has 1 aromatic heterocycles. The molecule has 0 unspecified atom stereocenters. The number of aryl methyl sites for hydroxylation is 1. The number of pyridine rings is 1. The fourth-order valence-electron chi connectivity index (χ4n) is 1.64. The summed E-state index contributed by atoms with van der Waals surface area (Å²) in [7, 11) is 0. The Morgan fingerprint density at radius 1 is 1.29 bits per heavy atom. The van der Waals surface area contributed by atoms with Gasteiger partial charge in [-0.15, -0.1) is 0 Å². The van der Waals surface area contributed by atoms with Crippen molar-refractivity contribution in [2.45, 2.75) is 13.1 Å². The van der Waals surface area contributed by atoms with Crippen LogP contribution in [0.15, 0.2) is 36.5 Å². The molecule has 0 atom stereocenters. The number of carbonyl (C=O) groups is 1. The van der Waals surface area contributed by atoms with E-state index in [1.54, 1.807) is 6.92 Å². The van der Waals surface area contributed by atoms with Crippen LogP contribution in [0.2, 0.25) is 0 Å². The number of nitrogens with zero attached hydrogens (tertiary/aromatic N) is 1. The first-order chi connectivity index (χ1) is 9.77. The Morgan fingerprint density at radius 3 is 2.62 bits per heavy atom. The van der Waals surface area contributed by atoms with Crippen LogP contribution in [0.3, 0.4) is 0 Å². The van der Waals surface area contributed by atoms with Crippen LogP contribution in [0, 0.1) is 6.92 Å². The second-order valence-corrected chi connectivity index (χ2v) is 4.25. The van der Waals surface area contributed by atoms with Gasteiger partial charge in [0.25, 0.3) is 0 Å². The van der Waals surface area contributed by atoms with Crippen LogP contribution in [0.1, 0.15) is 21.6 Å². The molecule has 0 aliphatic heterocycles. The third kappa shape index (κ3) is 3.50. The molecule has 1 N–H and O–H groups in total. The summed E-state index contributed by atoms with van der Waals surface area (Å²) in [5.74, 6) is -1.43. The number of hydrogen-bond acceptors (Lipinski definition) is 3. The molecular formula is C14H10F3NO3. The summed E-state index contributed by atoms with van der Waals surface area (Å²) < 4.78 is 43.1. The number of ether oxygens (including phenoxy) is 1. The van der Waals surface area contributed by atoms with Gasteiger partial charge in [-0.2, -0.15) is 13.2 Å². The fraction of sp³-hybridized carbons (Fsp3) is 0.143. The number of aromatic carboxylic acids is 1. The molecule has 0 saturated heterocycles. The van der Waals surface area contributed by atoms with Crippen molar-refractivity contribution in [1.82, 2.24) is 4.98 Å². The highest BCUT2D eigenvalue weighted by Gasteiger charge is 2.30. The molecule has 0 radical (unpaired) electrons. The summed E-state index contributed by atoms with van der Waals surface area (Å²) in [6.45, 7) is 1.62. The Hall–Kier alpha value is -2.57. The van der Waals surface area contributed by atoms with E-state index in [2.05, 4.69) is 4.98 Å². The van der Waals surface area contributed by atoms with Gasteiger partial charge in [-0.05, 0) is 25.1 Å². The number of alkyl halides is 3. The number of hydrogen-bond donors (Lipinski definition) is 1. The Labute approximate surface area is 117 Å². The molecule has 0 bridgehead atoms. The predicted molar refractivity (Wildman–Crippen MR) is 67.5 cm³/mol. The van der Waals surface area contributed by atoms with Crippen LogP contribution in [-0.2, 0) is 6.18 Å². The van der Waals surface area contributed by atoms with Crippen LogP contribution in [-0.4, -0.2) is 16.1 Å². The molecule has 0 spiro atoms. The van der Waals surface area contributed by atoms with E-state index >= 15 is 0 Å². The number of carboxylic acids is 1. The average Bonchev–Trinajstić information content (AvgIpc) is 2.37. The van der Waals surface area contributed by atoms with Crippen LogP contribution in [0.25, 0.3) is 0 Å². The summed E-state index contributed by atoms with van der Waals surface area (Å²) in [4.78, 5) is 14.9. The maximum atomic E-state index is 12.6. The zero-order chi connectivity index (χ0) is 15.6. The lowest BCUT2D eigenvalue weighted by atomic mass is 10.2. The Kier molecular flexibility index (Phi) is 3.84. The van der Waals surface area contributed by atoms with Gasteiger partial charge in [0.15, 0.2) is 0 Å². The molecule has 0 saturated carbocycles. The van der Waals surface area contributed by atoms with Crippen LogP contribution in [0.5, 0.6) is 11.5 Å². The third-order valence-electron chi connectivity index (χ3n) is 2.62. The van der Waals surface area contributed by atoms with Crippen molar-refractivity contribution in [1.29, 1.82) is 0 Å². The van der Waals surface area contributed by atoms with E-state index in [1.807, 2.05) is 0 Å². The highest BCUT2D eigenvalue weighted by molar-refractivity contribution is 5.90. The molecule has 4 nitrogen and oxygen atoms in total. The number of aromatic nitrogens is 1. The Bertz CT molecular complexity index is 683. The van der Waals surface area contributed by atoms with Crippen molar-refractivity contribution in [3.05, 3.63) is 53.3 Å². The molecule has 0 amide bonds. The van der Waals surface area contributed by atoms with E-state index in [4.69, 9.17) is 9.84 Å². The van der Waals surface area contributed by atoms with Crippen LogP contribution >= 0.6 is 0 Å². The minimum Gasteiger partial charge on any atom is -0.477 e. The Morgan fingerprint density at radius 2 is 2.00 bits per heavy atom. The quantitative estimate of drug-likeness (QED) is 0.933. The maximum Gasteiger partial charge on any atom is 0.416 e. The third-order valence-corrected chi connectivity index (χ3v) is 2.62. The summed E-state index contributed by atoms with van der Waals surface area (Å²) in [6, 6.07) is 5.57. The van der Waals surface area contributed by atoms with Gasteiger partial charge >= 0.3 is 12.1 Å². The molecule has 0 aliphatic rings. The van der Waals surface area contributed by atoms with Crippen LogP contribution in [0.4, 0.5) is 13.2 Å². The van der Waals surface area contributed by atoms with Crippen molar-refractivity contribution in [3.63, 3.8) is 0 Å². The van der Waals surface area contributed by atoms with Gasteiger partial charge in [0.2, 0.25) is 0 Å². The van der Waals surface area contributed by atoms with Gasteiger partial charge in [-0.3, -0.25) is 4.98 Å². The van der Waals surface area contributed by atoms with Crippen molar-refractivity contribution >= 4 is 5.97 Å². The maximum absolute atomic E-state index is 12.6. The van der Waals surface area contributed by atoms with Gasteiger partial charge in [-0.25, -0.2) is 4.79 Å². The van der Waals surface area contributed by atoms with Gasteiger partial charge in [0, 0.05) is 18.0 Å². The monoisotopic (exact) mass is 297 g/mol. The zero-order valence-corrected chi connectivity index (χ0v) is 10.8. The van der Waals surface area contributed by atoms with Crippen molar-refractivity contribution < 1.29 is 27.8 Å². The molecule has 7 heteroatoms. The minimum absolute atomic E-state index is 0.0608. The molecule has 0 fully saturated rings. The summed E-state index contributed by atoms with van der Waals surface area (Å²) >= 11 is 0. The average molecular weight is 297 g/mol. The topological polar surface area (TPSA) is 59.4 Å². The Balaban J connectivity index is 2.39. The number of benzene rings is 1. The van der Waals surface area contributed by atoms with Crippen molar-refractivity contribution in [2.24, 2.45) is 0 Å². The van der Waals surface area contributed by atoms with Crippen molar-refractivity contribution in [2.75, 3.05) is 0 Å². The van der Waals surface area contributed by atoms with Gasteiger partial charge in [0.05, 0.1) is 5.56 Å². The SMILES string of the molecule is Cc1cc(Oc2cccc(C(F)(F)F)c2)c(C(=O)O)cn1. The van der Waals surface area contributed by atoms with Gasteiger partial charge in [-0.1, -0.05) is 6.07 Å². The number of halogens is 3. The normalized spacial score (nSPS) is 11.2. The summed E-state index contributed by atoms with van der Waals surface area (Å²) in [5.41, 5.74) is -0.609. The first kappa shape index (κ1) is 14.8. The van der Waals surface area contributed by atoms with Crippen LogP contribution < -0.4 is 4.74 Å². The van der Waals surface area contributed by atoms with E-state index in [0.717, 1.165) is 18.3 Å². The van der Waals surface area contributed by atoms with E-state index in [9.17, 15) is 18.0 Å².